The summed E-state index contributed by atoms with van der Waals surface area (Å²) < 4.78 is 33.8. The van der Waals surface area contributed by atoms with Crippen molar-refractivity contribution >= 4 is 15.7 Å². The molecule has 1 aliphatic heterocycles. The molecule has 1 aliphatic rings. The molecule has 0 atom stereocenters. The van der Waals surface area contributed by atoms with Gasteiger partial charge in [-0.2, -0.15) is 0 Å². The molecule has 0 unspecified atom stereocenters. The van der Waals surface area contributed by atoms with Gasteiger partial charge in [0.15, 0.2) is 5.76 Å². The smallest absolute Gasteiger partial charge is 0.264 e. The van der Waals surface area contributed by atoms with Crippen LogP contribution in [0.25, 0.3) is 11.3 Å². The number of sulfonamides is 1. The van der Waals surface area contributed by atoms with E-state index in [0.29, 0.717) is 22.8 Å². The van der Waals surface area contributed by atoms with Gasteiger partial charge in [0, 0.05) is 18.2 Å². The van der Waals surface area contributed by atoms with E-state index in [0.717, 1.165) is 40.9 Å². The normalized spacial score (nSPS) is 14.3. The van der Waals surface area contributed by atoms with Crippen LogP contribution in [0.4, 0.5) is 5.69 Å². The molecule has 0 saturated carbocycles. The van der Waals surface area contributed by atoms with E-state index in [-0.39, 0.29) is 0 Å². The topological polar surface area (TPSA) is 63.4 Å². The Labute approximate surface area is 159 Å². The first-order chi connectivity index (χ1) is 12.9. The van der Waals surface area contributed by atoms with Crippen molar-refractivity contribution in [1.82, 2.24) is 5.16 Å². The number of fused-ring (bicyclic) bond motifs is 1. The summed E-state index contributed by atoms with van der Waals surface area (Å²) in [5, 5.41) is 3.90. The monoisotopic (exact) mass is 382 g/mol. The first-order valence-electron chi connectivity index (χ1n) is 9.03. The van der Waals surface area contributed by atoms with E-state index in [1.165, 1.54) is 0 Å². The standard InChI is InChI=1S/C21H22N2O3S/c1-14-6-4-7-17-8-5-11-23(21(14)17)27(24,25)20-10-9-18(12-15(20)2)19-13-16(3)22-26-19/h4,6-7,9-10,12-13H,5,8,11H2,1-3H3. The maximum atomic E-state index is 13.5. The van der Waals surface area contributed by atoms with Crippen molar-refractivity contribution in [2.24, 2.45) is 0 Å². The molecule has 27 heavy (non-hydrogen) atoms. The lowest BCUT2D eigenvalue weighted by atomic mass is 10.0. The molecule has 0 saturated heterocycles. The minimum atomic E-state index is -3.64. The third-order valence-corrected chi connectivity index (χ3v) is 6.99. The highest BCUT2D eigenvalue weighted by atomic mass is 32.2. The number of hydrogen-bond acceptors (Lipinski definition) is 4. The lowest BCUT2D eigenvalue weighted by Gasteiger charge is -2.32. The van der Waals surface area contributed by atoms with Crippen molar-refractivity contribution in [2.45, 2.75) is 38.5 Å². The first-order valence-corrected chi connectivity index (χ1v) is 10.5. The van der Waals surface area contributed by atoms with Crippen LogP contribution in [0.15, 0.2) is 51.9 Å². The number of benzene rings is 2. The zero-order chi connectivity index (χ0) is 19.2. The Hall–Kier alpha value is -2.60. The number of rotatable bonds is 3. The molecule has 140 valence electrons. The number of aromatic nitrogens is 1. The number of hydrogen-bond donors (Lipinski definition) is 0. The molecule has 0 N–H and O–H groups in total. The van der Waals surface area contributed by atoms with Crippen molar-refractivity contribution in [2.75, 3.05) is 10.8 Å². The third-order valence-electron chi connectivity index (χ3n) is 5.03. The lowest BCUT2D eigenvalue weighted by Crippen LogP contribution is -2.36. The largest absolute Gasteiger partial charge is 0.356 e. The van der Waals surface area contributed by atoms with Crippen LogP contribution in [0.3, 0.4) is 0 Å². The fourth-order valence-electron chi connectivity index (χ4n) is 3.75. The molecule has 2 aromatic carbocycles. The van der Waals surface area contributed by atoms with Crippen molar-refractivity contribution in [3.05, 3.63) is 64.8 Å². The Morgan fingerprint density at radius 1 is 1.04 bits per heavy atom. The summed E-state index contributed by atoms with van der Waals surface area (Å²) in [4.78, 5) is 0.332. The van der Waals surface area contributed by atoms with Crippen molar-refractivity contribution < 1.29 is 12.9 Å². The molecule has 2 heterocycles. The van der Waals surface area contributed by atoms with Crippen LogP contribution < -0.4 is 4.31 Å². The third kappa shape index (κ3) is 3.04. The fraction of sp³-hybridized carbons (Fsp3) is 0.286. The molecule has 0 fully saturated rings. The molecule has 0 aliphatic carbocycles. The zero-order valence-corrected chi connectivity index (χ0v) is 16.5. The highest BCUT2D eigenvalue weighted by molar-refractivity contribution is 7.92. The molecule has 1 aromatic heterocycles. The molecule has 5 nitrogen and oxygen atoms in total. The van der Waals surface area contributed by atoms with Gasteiger partial charge in [0.05, 0.1) is 16.3 Å². The van der Waals surface area contributed by atoms with Crippen molar-refractivity contribution in [3.63, 3.8) is 0 Å². The highest BCUT2D eigenvalue weighted by Gasteiger charge is 2.31. The summed E-state index contributed by atoms with van der Waals surface area (Å²) in [6.45, 7) is 6.15. The lowest BCUT2D eigenvalue weighted by molar-refractivity contribution is 0.427. The molecule has 3 aromatic rings. The Kier molecular flexibility index (Phi) is 4.30. The van der Waals surface area contributed by atoms with E-state index >= 15 is 0 Å². The molecule has 6 heteroatoms. The van der Waals surface area contributed by atoms with Gasteiger partial charge in [-0.1, -0.05) is 23.4 Å². The minimum absolute atomic E-state index is 0.332. The molecule has 0 bridgehead atoms. The number of anilines is 1. The van der Waals surface area contributed by atoms with Crippen LogP contribution in [0, 0.1) is 20.8 Å². The minimum Gasteiger partial charge on any atom is -0.356 e. The molecule has 0 spiro atoms. The highest BCUT2D eigenvalue weighted by Crippen LogP contribution is 2.36. The van der Waals surface area contributed by atoms with Gasteiger partial charge in [-0.15, -0.1) is 0 Å². The number of para-hydroxylation sites is 1. The van der Waals surface area contributed by atoms with Gasteiger partial charge >= 0.3 is 0 Å². The molecule has 0 radical (unpaired) electrons. The van der Waals surface area contributed by atoms with Gasteiger partial charge in [0.1, 0.15) is 0 Å². The molecular formula is C21H22N2O3S. The Morgan fingerprint density at radius 2 is 1.85 bits per heavy atom. The van der Waals surface area contributed by atoms with Crippen LogP contribution in [0.1, 0.15) is 28.8 Å². The number of nitrogens with zero attached hydrogens (tertiary/aromatic N) is 2. The van der Waals surface area contributed by atoms with Crippen LogP contribution in [0.5, 0.6) is 0 Å². The summed E-state index contributed by atoms with van der Waals surface area (Å²) >= 11 is 0. The summed E-state index contributed by atoms with van der Waals surface area (Å²) in [5.74, 6) is 0.638. The molecule has 4 rings (SSSR count). The second-order valence-corrected chi connectivity index (χ2v) is 8.91. The second-order valence-electron chi connectivity index (χ2n) is 7.08. The predicted molar refractivity (Wildman–Crippen MR) is 105 cm³/mol. The first kappa shape index (κ1) is 17.8. The summed E-state index contributed by atoms with van der Waals surface area (Å²) in [6, 6.07) is 13.1. The van der Waals surface area contributed by atoms with Crippen molar-refractivity contribution in [3.8, 4) is 11.3 Å². The van der Waals surface area contributed by atoms with Gasteiger partial charge < -0.3 is 4.52 Å². The average Bonchev–Trinajstić information content (AvgIpc) is 3.07. The fourth-order valence-corrected chi connectivity index (χ4v) is 5.57. The maximum absolute atomic E-state index is 13.5. The zero-order valence-electron chi connectivity index (χ0n) is 15.7. The Balaban J connectivity index is 1.78. The number of aryl methyl sites for hydroxylation is 4. The van der Waals surface area contributed by atoms with E-state index in [2.05, 4.69) is 5.16 Å². The van der Waals surface area contributed by atoms with E-state index in [9.17, 15) is 8.42 Å². The Morgan fingerprint density at radius 3 is 2.56 bits per heavy atom. The van der Waals surface area contributed by atoms with Gasteiger partial charge in [-0.3, -0.25) is 4.31 Å². The van der Waals surface area contributed by atoms with Crippen LogP contribution >= 0.6 is 0 Å². The van der Waals surface area contributed by atoms with Crippen LogP contribution in [-0.2, 0) is 16.4 Å². The summed E-state index contributed by atoms with van der Waals surface area (Å²) in [5.41, 5.74) is 5.22. The summed E-state index contributed by atoms with van der Waals surface area (Å²) in [7, 11) is -3.64. The van der Waals surface area contributed by atoms with Gasteiger partial charge in [0.25, 0.3) is 10.0 Å². The second kappa shape index (κ2) is 6.53. The molecular weight excluding hydrogens is 360 g/mol. The van der Waals surface area contributed by atoms with E-state index in [4.69, 9.17) is 4.52 Å². The van der Waals surface area contributed by atoms with Crippen LogP contribution in [-0.4, -0.2) is 20.1 Å². The van der Waals surface area contributed by atoms with E-state index < -0.39 is 10.0 Å². The van der Waals surface area contributed by atoms with Gasteiger partial charge in [0.2, 0.25) is 0 Å². The van der Waals surface area contributed by atoms with Gasteiger partial charge in [-0.05, 0) is 68.5 Å². The Bertz CT molecular complexity index is 1120. The SMILES string of the molecule is Cc1cc(-c2ccc(S(=O)(=O)N3CCCc4cccc(C)c43)c(C)c2)on1. The maximum Gasteiger partial charge on any atom is 0.264 e. The molecule has 0 amide bonds. The van der Waals surface area contributed by atoms with E-state index in [1.54, 1.807) is 16.4 Å². The predicted octanol–water partition coefficient (Wildman–Crippen LogP) is 4.41. The van der Waals surface area contributed by atoms with Crippen molar-refractivity contribution in [1.29, 1.82) is 0 Å². The van der Waals surface area contributed by atoms with Crippen LogP contribution in [0.2, 0.25) is 0 Å². The average molecular weight is 382 g/mol. The summed E-state index contributed by atoms with van der Waals surface area (Å²) in [6.07, 6.45) is 1.73. The van der Waals surface area contributed by atoms with E-state index in [1.807, 2.05) is 51.1 Å². The van der Waals surface area contributed by atoms with Gasteiger partial charge in [-0.25, -0.2) is 8.42 Å². The quantitative estimate of drug-likeness (QED) is 0.673.